The van der Waals surface area contributed by atoms with E-state index in [0.717, 1.165) is 22.8 Å². The minimum atomic E-state index is 0.301. The van der Waals surface area contributed by atoms with Gasteiger partial charge >= 0.3 is 0 Å². The van der Waals surface area contributed by atoms with Crippen LogP contribution in [0.1, 0.15) is 42.4 Å². The summed E-state index contributed by atoms with van der Waals surface area (Å²) in [4.78, 5) is 9.02. The summed E-state index contributed by atoms with van der Waals surface area (Å²) in [5.41, 5.74) is 3.16. The SMILES string of the molecule is CNCc1nc(C(C)C)ncc1Oc1cc(C)ccc1C. The molecule has 4 nitrogen and oxygen atoms in total. The molecule has 112 valence electrons. The molecular formula is C17H23N3O. The van der Waals surface area contributed by atoms with Crippen LogP contribution in [0.5, 0.6) is 11.5 Å². The third kappa shape index (κ3) is 3.79. The number of aromatic nitrogens is 2. The summed E-state index contributed by atoms with van der Waals surface area (Å²) in [5, 5.41) is 3.13. The molecular weight excluding hydrogens is 262 g/mol. The number of aryl methyl sites for hydroxylation is 2. The Labute approximate surface area is 126 Å². The van der Waals surface area contributed by atoms with Crippen LogP contribution in [0.15, 0.2) is 24.4 Å². The van der Waals surface area contributed by atoms with Crippen LogP contribution in [-0.4, -0.2) is 17.0 Å². The summed E-state index contributed by atoms with van der Waals surface area (Å²) in [7, 11) is 1.90. The number of hydrogen-bond acceptors (Lipinski definition) is 4. The normalized spacial score (nSPS) is 11.0. The van der Waals surface area contributed by atoms with E-state index >= 15 is 0 Å². The van der Waals surface area contributed by atoms with Gasteiger partial charge in [0.15, 0.2) is 5.75 Å². The Bertz CT molecular complexity index is 623. The van der Waals surface area contributed by atoms with Gasteiger partial charge in [0.25, 0.3) is 0 Å². The standard InChI is InChI=1S/C17H23N3O/c1-11(2)17-19-10-16(14(20-17)9-18-5)21-15-8-12(3)6-7-13(15)4/h6-8,10-11,18H,9H2,1-5H3. The number of hydrogen-bond donors (Lipinski definition) is 1. The van der Waals surface area contributed by atoms with Gasteiger partial charge in [0.1, 0.15) is 17.3 Å². The van der Waals surface area contributed by atoms with Crippen LogP contribution in [0.4, 0.5) is 0 Å². The second kappa shape index (κ2) is 6.68. The third-order valence-corrected chi connectivity index (χ3v) is 3.27. The van der Waals surface area contributed by atoms with Crippen LogP contribution in [0.3, 0.4) is 0 Å². The average Bonchev–Trinajstić information content (AvgIpc) is 2.44. The highest BCUT2D eigenvalue weighted by Crippen LogP contribution is 2.28. The van der Waals surface area contributed by atoms with Gasteiger partial charge in [-0.15, -0.1) is 0 Å². The molecule has 1 aromatic carbocycles. The van der Waals surface area contributed by atoms with Crippen LogP contribution in [0.25, 0.3) is 0 Å². The largest absolute Gasteiger partial charge is 0.453 e. The number of nitrogens with zero attached hydrogens (tertiary/aromatic N) is 2. The van der Waals surface area contributed by atoms with Crippen molar-refractivity contribution in [2.45, 2.75) is 40.2 Å². The monoisotopic (exact) mass is 285 g/mol. The maximum atomic E-state index is 6.04. The van der Waals surface area contributed by atoms with Crippen molar-refractivity contribution in [3.63, 3.8) is 0 Å². The second-order valence-corrected chi connectivity index (χ2v) is 5.60. The first-order valence-corrected chi connectivity index (χ1v) is 7.26. The van der Waals surface area contributed by atoms with Gasteiger partial charge < -0.3 is 10.1 Å². The summed E-state index contributed by atoms with van der Waals surface area (Å²) in [6.07, 6.45) is 1.77. The molecule has 1 heterocycles. The molecule has 0 saturated carbocycles. The number of nitrogens with one attached hydrogen (secondary N) is 1. The van der Waals surface area contributed by atoms with E-state index in [9.17, 15) is 0 Å². The van der Waals surface area contributed by atoms with Crippen LogP contribution in [0, 0.1) is 13.8 Å². The predicted molar refractivity (Wildman–Crippen MR) is 84.9 cm³/mol. The molecule has 0 fully saturated rings. The van der Waals surface area contributed by atoms with Gasteiger partial charge in [-0.3, -0.25) is 0 Å². The molecule has 1 aromatic heterocycles. The Morgan fingerprint density at radius 1 is 1.19 bits per heavy atom. The molecule has 2 aromatic rings. The first-order chi connectivity index (χ1) is 10.0. The van der Waals surface area contributed by atoms with Crippen molar-refractivity contribution in [2.24, 2.45) is 0 Å². The highest BCUT2D eigenvalue weighted by Gasteiger charge is 2.12. The molecule has 0 bridgehead atoms. The minimum Gasteiger partial charge on any atom is -0.453 e. The van der Waals surface area contributed by atoms with E-state index in [1.807, 2.05) is 20.0 Å². The second-order valence-electron chi connectivity index (χ2n) is 5.60. The number of ether oxygens (including phenoxy) is 1. The Morgan fingerprint density at radius 3 is 2.62 bits per heavy atom. The summed E-state index contributed by atoms with van der Waals surface area (Å²) < 4.78 is 6.04. The maximum absolute atomic E-state index is 6.04. The highest BCUT2D eigenvalue weighted by atomic mass is 16.5. The van der Waals surface area contributed by atoms with E-state index in [4.69, 9.17) is 4.74 Å². The Hall–Kier alpha value is -1.94. The van der Waals surface area contributed by atoms with Crippen LogP contribution < -0.4 is 10.1 Å². The molecule has 0 unspecified atom stereocenters. The van der Waals surface area contributed by atoms with E-state index in [2.05, 4.69) is 48.2 Å². The molecule has 0 spiro atoms. The van der Waals surface area contributed by atoms with Crippen LogP contribution in [-0.2, 0) is 6.54 Å². The van der Waals surface area contributed by atoms with Crippen molar-refractivity contribution in [1.29, 1.82) is 0 Å². The van der Waals surface area contributed by atoms with E-state index in [1.54, 1.807) is 6.20 Å². The van der Waals surface area contributed by atoms with E-state index in [0.29, 0.717) is 18.2 Å². The van der Waals surface area contributed by atoms with Gasteiger partial charge in [0.05, 0.1) is 6.20 Å². The molecule has 0 aliphatic heterocycles. The minimum absolute atomic E-state index is 0.301. The van der Waals surface area contributed by atoms with Crippen molar-refractivity contribution >= 4 is 0 Å². The zero-order valence-electron chi connectivity index (χ0n) is 13.4. The lowest BCUT2D eigenvalue weighted by Crippen LogP contribution is -2.11. The van der Waals surface area contributed by atoms with Gasteiger partial charge in [-0.05, 0) is 38.1 Å². The zero-order chi connectivity index (χ0) is 15.4. The average molecular weight is 285 g/mol. The van der Waals surface area contributed by atoms with E-state index < -0.39 is 0 Å². The molecule has 0 aliphatic carbocycles. The van der Waals surface area contributed by atoms with Gasteiger partial charge in [-0.25, -0.2) is 9.97 Å². The molecule has 21 heavy (non-hydrogen) atoms. The van der Waals surface area contributed by atoms with Crippen molar-refractivity contribution < 1.29 is 4.74 Å². The molecule has 1 N–H and O–H groups in total. The molecule has 4 heteroatoms. The Balaban J connectivity index is 2.36. The third-order valence-electron chi connectivity index (χ3n) is 3.27. The molecule has 0 saturated heterocycles. The predicted octanol–water partition coefficient (Wildman–Crippen LogP) is 3.73. The maximum Gasteiger partial charge on any atom is 0.168 e. The summed E-state index contributed by atoms with van der Waals surface area (Å²) in [6, 6.07) is 6.18. The van der Waals surface area contributed by atoms with Crippen molar-refractivity contribution in [3.05, 3.63) is 47.0 Å². The fourth-order valence-corrected chi connectivity index (χ4v) is 2.01. The van der Waals surface area contributed by atoms with E-state index in [1.165, 1.54) is 5.56 Å². The molecule has 2 rings (SSSR count). The summed E-state index contributed by atoms with van der Waals surface area (Å²) in [5.74, 6) is 2.71. The lowest BCUT2D eigenvalue weighted by molar-refractivity contribution is 0.461. The quantitative estimate of drug-likeness (QED) is 0.909. The zero-order valence-corrected chi connectivity index (χ0v) is 13.4. The van der Waals surface area contributed by atoms with Gasteiger partial charge in [0.2, 0.25) is 0 Å². The topological polar surface area (TPSA) is 47.0 Å². The van der Waals surface area contributed by atoms with Crippen LogP contribution >= 0.6 is 0 Å². The van der Waals surface area contributed by atoms with Crippen LogP contribution in [0.2, 0.25) is 0 Å². The first kappa shape index (κ1) is 15.4. The van der Waals surface area contributed by atoms with Gasteiger partial charge in [-0.2, -0.15) is 0 Å². The smallest absolute Gasteiger partial charge is 0.168 e. The van der Waals surface area contributed by atoms with Crippen molar-refractivity contribution in [2.75, 3.05) is 7.05 Å². The Kier molecular flexibility index (Phi) is 4.91. The summed E-state index contributed by atoms with van der Waals surface area (Å²) in [6.45, 7) is 8.92. The number of rotatable bonds is 5. The van der Waals surface area contributed by atoms with Gasteiger partial charge in [0, 0.05) is 12.5 Å². The van der Waals surface area contributed by atoms with Crippen molar-refractivity contribution in [1.82, 2.24) is 15.3 Å². The molecule has 0 aliphatic rings. The summed E-state index contributed by atoms with van der Waals surface area (Å²) >= 11 is 0. The first-order valence-electron chi connectivity index (χ1n) is 7.26. The molecule has 0 amide bonds. The molecule has 0 atom stereocenters. The Morgan fingerprint density at radius 2 is 1.95 bits per heavy atom. The van der Waals surface area contributed by atoms with Gasteiger partial charge in [-0.1, -0.05) is 26.0 Å². The lowest BCUT2D eigenvalue weighted by atomic mass is 10.1. The van der Waals surface area contributed by atoms with E-state index in [-0.39, 0.29) is 0 Å². The lowest BCUT2D eigenvalue weighted by Gasteiger charge is -2.14. The number of benzene rings is 1. The molecule has 0 radical (unpaired) electrons. The fourth-order valence-electron chi connectivity index (χ4n) is 2.01. The highest BCUT2D eigenvalue weighted by molar-refractivity contribution is 5.40. The fraction of sp³-hybridized carbons (Fsp3) is 0.412. The van der Waals surface area contributed by atoms with Crippen molar-refractivity contribution in [3.8, 4) is 11.5 Å².